The lowest BCUT2D eigenvalue weighted by Gasteiger charge is -2.26. The lowest BCUT2D eigenvalue weighted by molar-refractivity contribution is -0.128. The fourth-order valence-electron chi connectivity index (χ4n) is 2.73. The number of hydrogen-bond acceptors (Lipinski definition) is 4. The Morgan fingerprint density at radius 2 is 1.68 bits per heavy atom. The van der Waals surface area contributed by atoms with Gasteiger partial charge in [0.05, 0.1) is 10.6 Å². The van der Waals surface area contributed by atoms with Gasteiger partial charge in [0.1, 0.15) is 6.54 Å². The van der Waals surface area contributed by atoms with Crippen LogP contribution in [0.4, 0.5) is 5.69 Å². The number of likely N-dealkylation sites (N-methyl/N-ethyl adjacent to an activating group) is 1. The second-order valence-corrected chi connectivity index (χ2v) is 9.18. The van der Waals surface area contributed by atoms with Gasteiger partial charge in [0.15, 0.2) is 0 Å². The van der Waals surface area contributed by atoms with Gasteiger partial charge in [-0.15, -0.1) is 0 Å². The number of sulfonamides is 1. The van der Waals surface area contributed by atoms with Gasteiger partial charge in [-0.3, -0.25) is 9.10 Å². The molecule has 0 N–H and O–H groups in total. The van der Waals surface area contributed by atoms with Crippen molar-refractivity contribution in [1.82, 2.24) is 4.90 Å². The van der Waals surface area contributed by atoms with Gasteiger partial charge in [0.2, 0.25) is 5.91 Å². The summed E-state index contributed by atoms with van der Waals surface area (Å²) in [5.41, 5.74) is 2.45. The average Bonchev–Trinajstić information content (AvgIpc) is 3.19. The third-order valence-corrected chi connectivity index (χ3v) is 6.88. The predicted molar refractivity (Wildman–Crippen MR) is 113 cm³/mol. The summed E-state index contributed by atoms with van der Waals surface area (Å²) in [5, 5.41) is 3.92. The van der Waals surface area contributed by atoms with Gasteiger partial charge in [-0.05, 0) is 53.6 Å². The normalized spacial score (nSPS) is 11.2. The fourth-order valence-corrected chi connectivity index (χ4v) is 4.81. The van der Waals surface area contributed by atoms with E-state index in [1.807, 2.05) is 29.8 Å². The van der Waals surface area contributed by atoms with Crippen molar-refractivity contribution in [3.63, 3.8) is 0 Å². The van der Waals surface area contributed by atoms with Gasteiger partial charge in [-0.25, -0.2) is 8.42 Å². The second-order valence-electron chi connectivity index (χ2n) is 6.54. The SMILES string of the molecule is Cc1ccc(S(=O)(=O)N(CC(=O)N(C)Cc2ccsc2)c2ccccc2)cc1. The molecule has 3 rings (SSSR count). The van der Waals surface area contributed by atoms with Gasteiger partial charge in [0, 0.05) is 13.6 Å². The van der Waals surface area contributed by atoms with Crippen LogP contribution in [0.25, 0.3) is 0 Å². The Morgan fingerprint density at radius 3 is 2.29 bits per heavy atom. The number of aryl methyl sites for hydroxylation is 1. The Kier molecular flexibility index (Phi) is 6.16. The first-order valence-electron chi connectivity index (χ1n) is 8.77. The Labute approximate surface area is 169 Å². The van der Waals surface area contributed by atoms with Crippen molar-refractivity contribution in [2.24, 2.45) is 0 Å². The molecule has 2 aromatic carbocycles. The van der Waals surface area contributed by atoms with Crippen molar-refractivity contribution < 1.29 is 13.2 Å². The monoisotopic (exact) mass is 414 g/mol. The highest BCUT2D eigenvalue weighted by atomic mass is 32.2. The largest absolute Gasteiger partial charge is 0.340 e. The molecular weight excluding hydrogens is 392 g/mol. The molecule has 0 aliphatic rings. The smallest absolute Gasteiger partial charge is 0.264 e. The van der Waals surface area contributed by atoms with E-state index >= 15 is 0 Å². The molecule has 28 heavy (non-hydrogen) atoms. The van der Waals surface area contributed by atoms with Crippen molar-refractivity contribution in [2.45, 2.75) is 18.4 Å². The number of hydrogen-bond donors (Lipinski definition) is 0. The molecule has 5 nitrogen and oxygen atoms in total. The lowest BCUT2D eigenvalue weighted by atomic mass is 10.2. The van der Waals surface area contributed by atoms with E-state index in [4.69, 9.17) is 0 Å². The van der Waals surface area contributed by atoms with Crippen LogP contribution in [0.15, 0.2) is 76.3 Å². The highest BCUT2D eigenvalue weighted by Gasteiger charge is 2.28. The first kappa shape index (κ1) is 20.1. The Bertz CT molecular complexity index is 1020. The van der Waals surface area contributed by atoms with E-state index < -0.39 is 10.0 Å². The van der Waals surface area contributed by atoms with E-state index in [0.717, 1.165) is 11.1 Å². The van der Waals surface area contributed by atoms with Crippen LogP contribution in [-0.2, 0) is 21.4 Å². The number of amides is 1. The molecule has 0 aliphatic carbocycles. The van der Waals surface area contributed by atoms with E-state index in [2.05, 4.69) is 0 Å². The molecule has 1 heterocycles. The molecule has 1 aromatic heterocycles. The summed E-state index contributed by atoms with van der Waals surface area (Å²) in [6.07, 6.45) is 0. The van der Waals surface area contributed by atoms with E-state index in [1.54, 1.807) is 71.8 Å². The number of anilines is 1. The molecule has 3 aromatic rings. The molecule has 0 unspecified atom stereocenters. The summed E-state index contributed by atoms with van der Waals surface area (Å²) in [5.74, 6) is -0.272. The van der Waals surface area contributed by atoms with E-state index in [9.17, 15) is 13.2 Å². The first-order valence-corrected chi connectivity index (χ1v) is 11.2. The minimum atomic E-state index is -3.87. The van der Waals surface area contributed by atoms with Crippen LogP contribution in [0.3, 0.4) is 0 Å². The maximum atomic E-state index is 13.3. The number of rotatable bonds is 7. The number of thiophene rings is 1. The molecule has 0 spiro atoms. The van der Waals surface area contributed by atoms with Crippen molar-refractivity contribution in [3.05, 3.63) is 82.6 Å². The van der Waals surface area contributed by atoms with Crippen molar-refractivity contribution >= 4 is 33.0 Å². The molecular formula is C21H22N2O3S2. The number of para-hydroxylation sites is 1. The van der Waals surface area contributed by atoms with Gasteiger partial charge in [0.25, 0.3) is 10.0 Å². The number of nitrogens with zero attached hydrogens (tertiary/aromatic N) is 2. The Hall–Kier alpha value is -2.64. The van der Waals surface area contributed by atoms with Gasteiger partial charge in [-0.1, -0.05) is 35.9 Å². The number of carbonyl (C=O) groups is 1. The summed E-state index contributed by atoms with van der Waals surface area (Å²) in [6, 6.07) is 17.3. The molecule has 0 aliphatic heterocycles. The molecule has 0 radical (unpaired) electrons. The van der Waals surface area contributed by atoms with Crippen molar-refractivity contribution in [1.29, 1.82) is 0 Å². The molecule has 146 valence electrons. The topological polar surface area (TPSA) is 57.7 Å². The molecule has 0 fully saturated rings. The highest BCUT2D eigenvalue weighted by molar-refractivity contribution is 7.92. The molecule has 7 heteroatoms. The zero-order valence-corrected chi connectivity index (χ0v) is 17.4. The van der Waals surface area contributed by atoms with E-state index in [1.165, 1.54) is 4.31 Å². The highest BCUT2D eigenvalue weighted by Crippen LogP contribution is 2.24. The molecule has 0 saturated carbocycles. The summed E-state index contributed by atoms with van der Waals surface area (Å²) in [7, 11) is -2.19. The van der Waals surface area contributed by atoms with E-state index in [-0.39, 0.29) is 17.3 Å². The van der Waals surface area contributed by atoms with Crippen LogP contribution in [0.5, 0.6) is 0 Å². The summed E-state index contributed by atoms with van der Waals surface area (Å²) in [6.45, 7) is 2.07. The fraction of sp³-hybridized carbons (Fsp3) is 0.190. The van der Waals surface area contributed by atoms with Gasteiger partial charge < -0.3 is 4.90 Å². The van der Waals surface area contributed by atoms with Crippen LogP contribution in [0.1, 0.15) is 11.1 Å². The Morgan fingerprint density at radius 1 is 1.00 bits per heavy atom. The Balaban J connectivity index is 1.89. The van der Waals surface area contributed by atoms with Gasteiger partial charge in [-0.2, -0.15) is 11.3 Å². The standard InChI is InChI=1S/C21H22N2O3S2/c1-17-8-10-20(11-9-17)28(25,26)23(19-6-4-3-5-7-19)15-21(24)22(2)14-18-12-13-27-16-18/h3-13,16H,14-15H2,1-2H3. The molecule has 0 atom stereocenters. The van der Waals surface area contributed by atoms with Crippen LogP contribution >= 0.6 is 11.3 Å². The molecule has 1 amide bonds. The lowest BCUT2D eigenvalue weighted by Crippen LogP contribution is -2.41. The first-order chi connectivity index (χ1) is 13.4. The molecule has 0 saturated heterocycles. The number of carbonyl (C=O) groups excluding carboxylic acids is 1. The predicted octanol–water partition coefficient (Wildman–Crippen LogP) is 3.91. The zero-order chi connectivity index (χ0) is 20.1. The van der Waals surface area contributed by atoms with Crippen molar-refractivity contribution in [2.75, 3.05) is 17.9 Å². The minimum absolute atomic E-state index is 0.162. The van der Waals surface area contributed by atoms with Gasteiger partial charge >= 0.3 is 0 Å². The third-order valence-electron chi connectivity index (χ3n) is 4.36. The average molecular weight is 415 g/mol. The second kappa shape index (κ2) is 8.58. The summed E-state index contributed by atoms with van der Waals surface area (Å²) < 4.78 is 27.7. The third kappa shape index (κ3) is 4.61. The molecule has 0 bridgehead atoms. The van der Waals surface area contributed by atoms with Crippen LogP contribution in [0.2, 0.25) is 0 Å². The summed E-state index contributed by atoms with van der Waals surface area (Å²) >= 11 is 1.56. The number of benzene rings is 2. The maximum Gasteiger partial charge on any atom is 0.264 e. The van der Waals surface area contributed by atoms with Crippen LogP contribution in [0, 0.1) is 6.92 Å². The van der Waals surface area contributed by atoms with E-state index in [0.29, 0.717) is 12.2 Å². The van der Waals surface area contributed by atoms with Crippen LogP contribution in [-0.4, -0.2) is 32.8 Å². The van der Waals surface area contributed by atoms with Crippen molar-refractivity contribution in [3.8, 4) is 0 Å². The van der Waals surface area contributed by atoms with Crippen LogP contribution < -0.4 is 4.31 Å². The zero-order valence-electron chi connectivity index (χ0n) is 15.8. The quantitative estimate of drug-likeness (QED) is 0.589. The summed E-state index contributed by atoms with van der Waals surface area (Å²) in [4.78, 5) is 14.5. The maximum absolute atomic E-state index is 13.3. The minimum Gasteiger partial charge on any atom is -0.340 e.